The molecule has 35 heavy (non-hydrogen) atoms. The van der Waals surface area contributed by atoms with E-state index in [9.17, 15) is 14.0 Å². The molecule has 0 saturated heterocycles. The summed E-state index contributed by atoms with van der Waals surface area (Å²) >= 11 is 6.48. The first-order chi connectivity index (χ1) is 16.8. The van der Waals surface area contributed by atoms with Crippen LogP contribution in [0.15, 0.2) is 47.4 Å². The van der Waals surface area contributed by atoms with Crippen LogP contribution >= 0.6 is 11.6 Å². The number of aromatic amines is 1. The number of hydrogen-bond donors (Lipinski definition) is 3. The van der Waals surface area contributed by atoms with Crippen molar-refractivity contribution < 1.29 is 9.18 Å². The Morgan fingerprint density at radius 2 is 2.11 bits per heavy atom. The minimum Gasteiger partial charge on any atom is -0.324 e. The maximum atomic E-state index is 14.9. The molecule has 1 amide bonds. The second kappa shape index (κ2) is 9.24. The van der Waals surface area contributed by atoms with E-state index in [1.807, 2.05) is 32.2 Å². The number of nitrogens with zero attached hydrogens (tertiary/aromatic N) is 3. The van der Waals surface area contributed by atoms with Crippen LogP contribution in [0.1, 0.15) is 37.1 Å². The van der Waals surface area contributed by atoms with Crippen molar-refractivity contribution in [3.05, 3.63) is 75.0 Å². The number of aryl methyl sites for hydroxylation is 1. The molecule has 3 N–H and O–H groups in total. The second-order valence-corrected chi connectivity index (χ2v) is 9.28. The van der Waals surface area contributed by atoms with Gasteiger partial charge in [0.2, 0.25) is 5.91 Å². The number of halogens is 2. The minimum absolute atomic E-state index is 0.00424. The molecule has 1 unspecified atom stereocenters. The minimum atomic E-state index is -0.563. The third-order valence-corrected chi connectivity index (χ3v) is 6.71. The summed E-state index contributed by atoms with van der Waals surface area (Å²) in [6.07, 6.45) is 3.07. The Balaban J connectivity index is 1.26. The molecule has 2 aromatic heterocycles. The number of H-pyrrole nitrogens is 1. The fraction of sp³-hybridized carbons (Fsp3) is 0.280. The number of rotatable bonds is 5. The van der Waals surface area contributed by atoms with Crippen molar-refractivity contribution >= 4 is 34.1 Å². The highest BCUT2D eigenvalue weighted by Crippen LogP contribution is 2.34. The van der Waals surface area contributed by atoms with Crippen molar-refractivity contribution in [3.63, 3.8) is 0 Å². The predicted molar refractivity (Wildman–Crippen MR) is 133 cm³/mol. The fourth-order valence-electron chi connectivity index (χ4n) is 4.63. The Morgan fingerprint density at radius 3 is 2.94 bits per heavy atom. The summed E-state index contributed by atoms with van der Waals surface area (Å²) in [5.74, 6) is -0.875. The first kappa shape index (κ1) is 23.2. The summed E-state index contributed by atoms with van der Waals surface area (Å²) in [7, 11) is 1.84. The van der Waals surface area contributed by atoms with Gasteiger partial charge in [-0.3, -0.25) is 14.3 Å². The van der Waals surface area contributed by atoms with E-state index in [0.29, 0.717) is 23.4 Å². The third-order valence-electron chi connectivity index (χ3n) is 6.39. The van der Waals surface area contributed by atoms with Crippen molar-refractivity contribution in [2.45, 2.75) is 38.3 Å². The Hall–Kier alpha value is -3.56. The topological polar surface area (TPSA) is 105 Å². The van der Waals surface area contributed by atoms with E-state index in [1.165, 1.54) is 12.1 Å². The van der Waals surface area contributed by atoms with Gasteiger partial charge in [0.25, 0.3) is 5.56 Å². The van der Waals surface area contributed by atoms with E-state index in [0.717, 1.165) is 27.7 Å². The molecule has 1 aliphatic rings. The zero-order valence-electron chi connectivity index (χ0n) is 19.2. The predicted octanol–water partition coefficient (Wildman–Crippen LogP) is 4.11. The van der Waals surface area contributed by atoms with Gasteiger partial charge in [-0.05, 0) is 49.1 Å². The van der Waals surface area contributed by atoms with Crippen LogP contribution < -0.4 is 16.2 Å². The Kier molecular flexibility index (Phi) is 6.12. The number of hydrogen-bond acceptors (Lipinski definition) is 5. The fourth-order valence-corrected chi connectivity index (χ4v) is 4.90. The Labute approximate surface area is 205 Å². The van der Waals surface area contributed by atoms with Crippen molar-refractivity contribution in [1.29, 1.82) is 0 Å². The van der Waals surface area contributed by atoms with Crippen LogP contribution in [0.5, 0.6) is 0 Å². The van der Waals surface area contributed by atoms with Crippen molar-refractivity contribution in [2.75, 3.05) is 5.32 Å². The lowest BCUT2D eigenvalue weighted by molar-refractivity contribution is -0.116. The molecular weight excluding hydrogens is 471 g/mol. The normalized spacial score (nSPS) is 17.4. The van der Waals surface area contributed by atoms with Crippen LogP contribution in [0.25, 0.3) is 22.0 Å². The number of carbonyl (C=O) groups is 1. The van der Waals surface area contributed by atoms with Gasteiger partial charge in [-0.1, -0.05) is 23.7 Å². The highest BCUT2D eigenvalue weighted by molar-refractivity contribution is 6.33. The molecule has 3 heterocycles. The highest BCUT2D eigenvalue weighted by Gasteiger charge is 2.25. The number of benzene rings is 2. The molecule has 4 aromatic rings. The molecular formula is C25H24ClFN6O2. The van der Waals surface area contributed by atoms with Gasteiger partial charge in [0.05, 0.1) is 28.1 Å². The van der Waals surface area contributed by atoms with E-state index in [2.05, 4.69) is 25.9 Å². The van der Waals surface area contributed by atoms with Gasteiger partial charge >= 0.3 is 0 Å². The molecule has 2 aromatic carbocycles. The van der Waals surface area contributed by atoms with Crippen LogP contribution in [0.3, 0.4) is 0 Å². The third kappa shape index (κ3) is 4.69. The summed E-state index contributed by atoms with van der Waals surface area (Å²) in [5.41, 5.74) is 3.68. The lowest BCUT2D eigenvalue weighted by atomic mass is 9.93. The summed E-state index contributed by atoms with van der Waals surface area (Å²) in [6, 6.07) is 9.96. The molecule has 8 nitrogen and oxygen atoms in total. The van der Waals surface area contributed by atoms with Crippen LogP contribution in [0, 0.1) is 5.82 Å². The molecule has 0 spiro atoms. The number of nitrogens with one attached hydrogen (secondary N) is 3. The lowest BCUT2D eigenvalue weighted by Gasteiger charge is -2.29. The first-order valence-corrected chi connectivity index (χ1v) is 11.7. The van der Waals surface area contributed by atoms with Crippen LogP contribution in [0.4, 0.5) is 10.1 Å². The summed E-state index contributed by atoms with van der Waals surface area (Å²) in [5, 5.41) is 18.1. The van der Waals surface area contributed by atoms with E-state index < -0.39 is 5.82 Å². The standard InChI is InChI=1S/C25H24ClFN6O2/c1-13-25-16(9-24(35)31-32-25)7-17(29-13)5-6-23(34)30-21-11-19(26)18(10-20(21)27)14-3-4-15-12-28-33(2)22(15)8-14/h3-4,8-13,17,29H,5-7H2,1-2H3,(H,30,34)(H,31,35)/t13-,17?/m0/s1. The number of aromatic nitrogens is 4. The summed E-state index contributed by atoms with van der Waals surface area (Å²) < 4.78 is 16.7. The summed E-state index contributed by atoms with van der Waals surface area (Å²) in [6.45, 7) is 1.96. The van der Waals surface area contributed by atoms with E-state index in [1.54, 1.807) is 16.9 Å². The van der Waals surface area contributed by atoms with Crippen LogP contribution in [0.2, 0.25) is 5.02 Å². The van der Waals surface area contributed by atoms with Gasteiger partial charge in [0.1, 0.15) is 5.82 Å². The summed E-state index contributed by atoms with van der Waals surface area (Å²) in [4.78, 5) is 24.2. The number of anilines is 1. The number of fused-ring (bicyclic) bond motifs is 2. The molecule has 5 rings (SSSR count). The van der Waals surface area contributed by atoms with Crippen molar-refractivity contribution in [3.8, 4) is 11.1 Å². The van der Waals surface area contributed by atoms with Gasteiger partial charge in [0, 0.05) is 42.6 Å². The number of carbonyl (C=O) groups excluding carboxylic acids is 1. The Bertz CT molecular complexity index is 1500. The van der Waals surface area contributed by atoms with E-state index in [-0.39, 0.29) is 35.7 Å². The van der Waals surface area contributed by atoms with Gasteiger partial charge < -0.3 is 10.6 Å². The van der Waals surface area contributed by atoms with Crippen molar-refractivity contribution in [2.24, 2.45) is 7.05 Å². The molecule has 0 saturated carbocycles. The van der Waals surface area contributed by atoms with E-state index >= 15 is 0 Å². The molecule has 1 aliphatic heterocycles. The van der Waals surface area contributed by atoms with Gasteiger partial charge in [-0.15, -0.1) is 0 Å². The highest BCUT2D eigenvalue weighted by atomic mass is 35.5. The van der Waals surface area contributed by atoms with E-state index in [4.69, 9.17) is 11.6 Å². The molecule has 2 atom stereocenters. The molecule has 0 radical (unpaired) electrons. The van der Waals surface area contributed by atoms with Crippen molar-refractivity contribution in [1.82, 2.24) is 25.3 Å². The molecule has 0 fully saturated rings. The SMILES string of the molecule is C[C@@H]1NC(CCC(=O)Nc2cc(Cl)c(-c3ccc4cnn(C)c4c3)cc2F)Cc2cc(=O)[nH]nc21. The quantitative estimate of drug-likeness (QED) is 0.387. The van der Waals surface area contributed by atoms with Gasteiger partial charge in [-0.2, -0.15) is 10.2 Å². The monoisotopic (exact) mass is 494 g/mol. The molecule has 0 aliphatic carbocycles. The van der Waals surface area contributed by atoms with Crippen LogP contribution in [-0.4, -0.2) is 31.9 Å². The molecule has 10 heteroatoms. The molecule has 180 valence electrons. The zero-order chi connectivity index (χ0) is 24.7. The average molecular weight is 495 g/mol. The molecule has 0 bridgehead atoms. The zero-order valence-corrected chi connectivity index (χ0v) is 20.0. The second-order valence-electron chi connectivity index (χ2n) is 8.87. The van der Waals surface area contributed by atoms with Gasteiger partial charge in [0.15, 0.2) is 0 Å². The van der Waals surface area contributed by atoms with Crippen LogP contribution in [-0.2, 0) is 18.3 Å². The van der Waals surface area contributed by atoms with Gasteiger partial charge in [-0.25, -0.2) is 9.49 Å². The maximum absolute atomic E-state index is 14.9. The first-order valence-electron chi connectivity index (χ1n) is 11.3. The average Bonchev–Trinajstić information content (AvgIpc) is 3.19. The lowest BCUT2D eigenvalue weighted by Crippen LogP contribution is -2.40. The maximum Gasteiger partial charge on any atom is 0.264 e. The largest absolute Gasteiger partial charge is 0.324 e. The smallest absolute Gasteiger partial charge is 0.264 e. The number of amides is 1. The Morgan fingerprint density at radius 1 is 1.29 bits per heavy atom.